The SMILES string of the molecule is CC(C)(CNC(=O)NCC(=O)N1CCCC1)C(=O)O. The number of nitrogens with zero attached hydrogens (tertiary/aromatic N) is 1. The molecular weight excluding hydrogens is 250 g/mol. The zero-order valence-electron chi connectivity index (χ0n) is 11.4. The number of carboxylic acids is 1. The lowest BCUT2D eigenvalue weighted by atomic mass is 9.94. The molecular formula is C12H21N3O4. The molecule has 7 nitrogen and oxygen atoms in total. The Morgan fingerprint density at radius 1 is 1.16 bits per heavy atom. The van der Waals surface area contributed by atoms with E-state index >= 15 is 0 Å². The van der Waals surface area contributed by atoms with Crippen LogP contribution in [0.15, 0.2) is 0 Å². The van der Waals surface area contributed by atoms with Crippen molar-refractivity contribution in [1.29, 1.82) is 0 Å². The quantitative estimate of drug-likeness (QED) is 0.656. The molecule has 1 fully saturated rings. The van der Waals surface area contributed by atoms with Crippen LogP contribution in [0.3, 0.4) is 0 Å². The largest absolute Gasteiger partial charge is 0.481 e. The Labute approximate surface area is 112 Å². The minimum Gasteiger partial charge on any atom is -0.481 e. The van der Waals surface area contributed by atoms with Crippen molar-refractivity contribution in [3.05, 3.63) is 0 Å². The van der Waals surface area contributed by atoms with Crippen molar-refractivity contribution in [3.8, 4) is 0 Å². The molecule has 1 heterocycles. The van der Waals surface area contributed by atoms with Gasteiger partial charge < -0.3 is 20.6 Å². The summed E-state index contributed by atoms with van der Waals surface area (Å²) in [5.41, 5.74) is -1.03. The topological polar surface area (TPSA) is 98.7 Å². The zero-order chi connectivity index (χ0) is 14.5. The highest BCUT2D eigenvalue weighted by atomic mass is 16.4. The van der Waals surface area contributed by atoms with Crippen LogP contribution in [0.5, 0.6) is 0 Å². The third-order valence-electron chi connectivity index (χ3n) is 3.13. The smallest absolute Gasteiger partial charge is 0.315 e. The summed E-state index contributed by atoms with van der Waals surface area (Å²) in [4.78, 5) is 35.6. The van der Waals surface area contributed by atoms with Gasteiger partial charge in [0, 0.05) is 19.6 Å². The zero-order valence-corrected chi connectivity index (χ0v) is 11.4. The Hall–Kier alpha value is -1.79. The average Bonchev–Trinajstić information content (AvgIpc) is 2.87. The molecule has 19 heavy (non-hydrogen) atoms. The molecule has 0 atom stereocenters. The molecule has 0 aromatic heterocycles. The number of hydrogen-bond acceptors (Lipinski definition) is 3. The third kappa shape index (κ3) is 4.76. The van der Waals surface area contributed by atoms with Crippen molar-refractivity contribution in [2.75, 3.05) is 26.2 Å². The van der Waals surface area contributed by atoms with Gasteiger partial charge in [0.25, 0.3) is 0 Å². The van der Waals surface area contributed by atoms with E-state index in [1.54, 1.807) is 4.90 Å². The van der Waals surface area contributed by atoms with Gasteiger partial charge >= 0.3 is 12.0 Å². The number of urea groups is 1. The molecule has 0 spiro atoms. The fraction of sp³-hybridized carbons (Fsp3) is 0.750. The van der Waals surface area contributed by atoms with Crippen LogP contribution in [0.2, 0.25) is 0 Å². The van der Waals surface area contributed by atoms with Gasteiger partial charge in [-0.05, 0) is 26.7 Å². The molecule has 108 valence electrons. The summed E-state index contributed by atoms with van der Waals surface area (Å²) in [6.45, 7) is 4.48. The number of rotatable bonds is 5. The van der Waals surface area contributed by atoms with E-state index in [1.807, 2.05) is 0 Å². The van der Waals surface area contributed by atoms with E-state index in [4.69, 9.17) is 5.11 Å². The van der Waals surface area contributed by atoms with Gasteiger partial charge in [-0.3, -0.25) is 9.59 Å². The van der Waals surface area contributed by atoms with Crippen LogP contribution < -0.4 is 10.6 Å². The number of carbonyl (C=O) groups is 3. The Bertz CT molecular complexity index is 362. The summed E-state index contributed by atoms with van der Waals surface area (Å²) < 4.78 is 0. The number of likely N-dealkylation sites (tertiary alicyclic amines) is 1. The van der Waals surface area contributed by atoms with Gasteiger partial charge in [-0.1, -0.05) is 0 Å². The Balaban J connectivity index is 2.24. The first-order chi connectivity index (χ1) is 8.83. The van der Waals surface area contributed by atoms with Crippen molar-refractivity contribution in [2.45, 2.75) is 26.7 Å². The van der Waals surface area contributed by atoms with Crippen molar-refractivity contribution >= 4 is 17.9 Å². The Morgan fingerprint density at radius 3 is 2.26 bits per heavy atom. The summed E-state index contributed by atoms with van der Waals surface area (Å²) in [6, 6.07) is -0.526. The number of amides is 3. The predicted molar refractivity (Wildman–Crippen MR) is 68.6 cm³/mol. The molecule has 1 aliphatic heterocycles. The predicted octanol–water partition coefficient (Wildman–Crippen LogP) is 0.0188. The van der Waals surface area contributed by atoms with E-state index in [9.17, 15) is 14.4 Å². The van der Waals surface area contributed by atoms with Crippen molar-refractivity contribution in [2.24, 2.45) is 5.41 Å². The first-order valence-corrected chi connectivity index (χ1v) is 6.36. The van der Waals surface area contributed by atoms with Gasteiger partial charge in [-0.25, -0.2) is 4.79 Å². The van der Waals surface area contributed by atoms with E-state index in [2.05, 4.69) is 10.6 Å². The van der Waals surface area contributed by atoms with Gasteiger partial charge in [0.1, 0.15) is 0 Å². The van der Waals surface area contributed by atoms with Crippen LogP contribution in [0.4, 0.5) is 4.79 Å². The number of carbonyl (C=O) groups excluding carboxylic acids is 2. The number of aliphatic carboxylic acids is 1. The minimum atomic E-state index is -1.03. The number of carboxylic acid groups (broad SMARTS) is 1. The van der Waals surface area contributed by atoms with E-state index in [1.165, 1.54) is 13.8 Å². The lowest BCUT2D eigenvalue weighted by molar-refractivity contribution is -0.146. The molecule has 0 saturated carbocycles. The molecule has 1 rings (SSSR count). The molecule has 3 amide bonds. The standard InChI is InChI=1S/C12H21N3O4/c1-12(2,10(17)18)8-14-11(19)13-7-9(16)15-5-3-4-6-15/h3-8H2,1-2H3,(H,17,18)(H2,13,14,19). The lowest BCUT2D eigenvalue weighted by Crippen LogP contribution is -2.46. The van der Waals surface area contributed by atoms with E-state index in [0.29, 0.717) is 0 Å². The summed E-state index contributed by atoms with van der Waals surface area (Å²) in [6.07, 6.45) is 2.01. The molecule has 3 N–H and O–H groups in total. The maximum Gasteiger partial charge on any atom is 0.315 e. The summed E-state index contributed by atoms with van der Waals surface area (Å²) >= 11 is 0. The normalized spacial score (nSPS) is 15.2. The average molecular weight is 271 g/mol. The van der Waals surface area contributed by atoms with Crippen molar-refractivity contribution in [1.82, 2.24) is 15.5 Å². The van der Waals surface area contributed by atoms with Gasteiger partial charge in [0.05, 0.1) is 12.0 Å². The highest BCUT2D eigenvalue weighted by molar-refractivity contribution is 5.84. The highest BCUT2D eigenvalue weighted by Gasteiger charge is 2.27. The van der Waals surface area contributed by atoms with Gasteiger partial charge in [-0.2, -0.15) is 0 Å². The summed E-state index contributed by atoms with van der Waals surface area (Å²) in [5.74, 6) is -1.09. The molecule has 0 radical (unpaired) electrons. The first-order valence-electron chi connectivity index (χ1n) is 6.36. The van der Waals surface area contributed by atoms with E-state index < -0.39 is 17.4 Å². The van der Waals surface area contributed by atoms with Crippen LogP contribution in [-0.4, -0.2) is 54.1 Å². The van der Waals surface area contributed by atoms with Crippen molar-refractivity contribution < 1.29 is 19.5 Å². The maximum absolute atomic E-state index is 11.6. The van der Waals surface area contributed by atoms with Crippen LogP contribution in [-0.2, 0) is 9.59 Å². The fourth-order valence-electron chi connectivity index (χ4n) is 1.67. The third-order valence-corrected chi connectivity index (χ3v) is 3.13. The molecule has 0 aromatic carbocycles. The first kappa shape index (κ1) is 15.3. The molecule has 0 unspecified atom stereocenters. The molecule has 1 aliphatic rings. The van der Waals surface area contributed by atoms with Gasteiger partial charge in [0.15, 0.2) is 0 Å². The molecule has 0 aliphatic carbocycles. The number of hydrogen-bond donors (Lipinski definition) is 3. The van der Waals surface area contributed by atoms with Crippen LogP contribution >= 0.6 is 0 Å². The van der Waals surface area contributed by atoms with Crippen LogP contribution in [0.1, 0.15) is 26.7 Å². The molecule has 0 aromatic rings. The van der Waals surface area contributed by atoms with Crippen LogP contribution in [0.25, 0.3) is 0 Å². The lowest BCUT2D eigenvalue weighted by Gasteiger charge is -2.20. The molecule has 0 bridgehead atoms. The van der Waals surface area contributed by atoms with Gasteiger partial charge in [0.2, 0.25) is 5.91 Å². The second-order valence-electron chi connectivity index (χ2n) is 5.31. The summed E-state index contributed by atoms with van der Waals surface area (Å²) in [7, 11) is 0. The minimum absolute atomic E-state index is 0.00602. The highest BCUT2D eigenvalue weighted by Crippen LogP contribution is 2.12. The second-order valence-corrected chi connectivity index (χ2v) is 5.31. The molecule has 7 heteroatoms. The monoisotopic (exact) mass is 271 g/mol. The van der Waals surface area contributed by atoms with Gasteiger partial charge in [-0.15, -0.1) is 0 Å². The maximum atomic E-state index is 11.6. The van der Waals surface area contributed by atoms with Crippen molar-refractivity contribution in [3.63, 3.8) is 0 Å². The van der Waals surface area contributed by atoms with E-state index in [0.717, 1.165) is 25.9 Å². The Kier molecular flexibility index (Phi) is 5.14. The second kappa shape index (κ2) is 6.40. The van der Waals surface area contributed by atoms with Crippen LogP contribution in [0, 0.1) is 5.41 Å². The fourth-order valence-corrected chi connectivity index (χ4v) is 1.67. The van der Waals surface area contributed by atoms with E-state index in [-0.39, 0.29) is 19.0 Å². The summed E-state index contributed by atoms with van der Waals surface area (Å²) in [5, 5.41) is 13.8. The molecule has 1 saturated heterocycles. The number of nitrogens with one attached hydrogen (secondary N) is 2. The Morgan fingerprint density at radius 2 is 1.74 bits per heavy atom.